The number of carbonyl (C=O) groups is 1. The fourth-order valence-corrected chi connectivity index (χ4v) is 2.82. The smallest absolute Gasteiger partial charge is 0.273 e. The zero-order chi connectivity index (χ0) is 15.2. The quantitative estimate of drug-likeness (QED) is 0.878. The van der Waals surface area contributed by atoms with Crippen molar-refractivity contribution in [3.05, 3.63) is 24.3 Å². The molecule has 3 heterocycles. The van der Waals surface area contributed by atoms with Crippen LogP contribution in [-0.2, 0) is 0 Å². The largest absolute Gasteiger partial charge is 0.346 e. The monoisotopic (exact) mass is 294 g/mol. The van der Waals surface area contributed by atoms with Gasteiger partial charge in [0.15, 0.2) is 0 Å². The molecule has 0 saturated carbocycles. The summed E-state index contributed by atoms with van der Waals surface area (Å²) >= 11 is 0. The number of nitrogens with one attached hydrogen (secondary N) is 1. The molecule has 0 spiro atoms. The average Bonchev–Trinajstić information content (AvgIpc) is 2.92. The first-order chi connectivity index (χ1) is 9.91. The Morgan fingerprint density at radius 1 is 1.33 bits per heavy atom. The number of hydrogen-bond acceptors (Lipinski definition) is 3. The van der Waals surface area contributed by atoms with Crippen molar-refractivity contribution in [2.75, 3.05) is 13.1 Å². The summed E-state index contributed by atoms with van der Waals surface area (Å²) in [5, 5.41) is 0.611. The molecular formula is C14H16F2N4O. The van der Waals surface area contributed by atoms with Gasteiger partial charge in [0.2, 0.25) is 0 Å². The number of nitrogens with zero attached hydrogens (tertiary/aromatic N) is 3. The molecule has 1 saturated heterocycles. The molecule has 1 aliphatic heterocycles. The Morgan fingerprint density at radius 3 is 2.67 bits per heavy atom. The normalized spacial score (nSPS) is 25.2. The molecule has 1 fully saturated rings. The SMILES string of the molecule is CC1CN(C(=O)c2ncnc3[nH]ccc23)CC(C)C1(F)F. The van der Waals surface area contributed by atoms with Gasteiger partial charge in [-0.1, -0.05) is 13.8 Å². The lowest BCUT2D eigenvalue weighted by molar-refractivity contribution is -0.132. The van der Waals surface area contributed by atoms with E-state index in [1.807, 2.05) is 0 Å². The fraction of sp³-hybridized carbons (Fsp3) is 0.500. The highest BCUT2D eigenvalue weighted by Crippen LogP contribution is 2.37. The van der Waals surface area contributed by atoms with E-state index in [9.17, 15) is 13.6 Å². The summed E-state index contributed by atoms with van der Waals surface area (Å²) in [6.45, 7) is 3.02. The summed E-state index contributed by atoms with van der Waals surface area (Å²) in [6.07, 6.45) is 2.98. The van der Waals surface area contributed by atoms with E-state index in [0.717, 1.165) is 0 Å². The number of carbonyl (C=O) groups excluding carboxylic acids is 1. The number of rotatable bonds is 1. The van der Waals surface area contributed by atoms with Gasteiger partial charge in [0.05, 0.1) is 5.39 Å². The lowest BCUT2D eigenvalue weighted by Gasteiger charge is -2.41. The maximum atomic E-state index is 13.9. The third-order valence-electron chi connectivity index (χ3n) is 4.15. The summed E-state index contributed by atoms with van der Waals surface area (Å²) in [5.41, 5.74) is 0.822. The summed E-state index contributed by atoms with van der Waals surface area (Å²) in [4.78, 5) is 25.0. The van der Waals surface area contributed by atoms with Gasteiger partial charge >= 0.3 is 0 Å². The van der Waals surface area contributed by atoms with Gasteiger partial charge in [-0.3, -0.25) is 4.79 Å². The van der Waals surface area contributed by atoms with Gasteiger partial charge in [0.1, 0.15) is 17.7 Å². The summed E-state index contributed by atoms with van der Waals surface area (Å²) in [6, 6.07) is 1.72. The van der Waals surface area contributed by atoms with Crippen LogP contribution in [0.1, 0.15) is 24.3 Å². The second kappa shape index (κ2) is 4.75. The molecule has 2 aromatic heterocycles. The van der Waals surface area contributed by atoms with Gasteiger partial charge in [0, 0.05) is 31.1 Å². The van der Waals surface area contributed by atoms with Crippen LogP contribution in [-0.4, -0.2) is 44.8 Å². The molecule has 0 aromatic carbocycles. The number of fused-ring (bicyclic) bond motifs is 1. The molecule has 1 N–H and O–H groups in total. The van der Waals surface area contributed by atoms with Gasteiger partial charge in [-0.15, -0.1) is 0 Å². The van der Waals surface area contributed by atoms with Gasteiger partial charge in [-0.25, -0.2) is 18.7 Å². The molecule has 2 unspecified atom stereocenters. The van der Waals surface area contributed by atoms with Gasteiger partial charge < -0.3 is 9.88 Å². The Hall–Kier alpha value is -2.05. The van der Waals surface area contributed by atoms with Crippen molar-refractivity contribution in [1.82, 2.24) is 19.9 Å². The summed E-state index contributed by atoms with van der Waals surface area (Å²) < 4.78 is 27.7. The zero-order valence-corrected chi connectivity index (χ0v) is 11.8. The summed E-state index contributed by atoms with van der Waals surface area (Å²) in [5.74, 6) is -4.80. The lowest BCUT2D eigenvalue weighted by Crippen LogP contribution is -2.53. The van der Waals surface area contributed by atoms with Gasteiger partial charge in [-0.05, 0) is 6.07 Å². The first kappa shape index (κ1) is 13.9. The van der Waals surface area contributed by atoms with Crippen LogP contribution in [0.15, 0.2) is 18.6 Å². The van der Waals surface area contributed by atoms with E-state index in [0.29, 0.717) is 11.0 Å². The molecule has 1 amide bonds. The van der Waals surface area contributed by atoms with Crippen molar-refractivity contribution in [3.8, 4) is 0 Å². The van der Waals surface area contributed by atoms with Crippen LogP contribution in [0.5, 0.6) is 0 Å². The van der Waals surface area contributed by atoms with Gasteiger partial charge in [0.25, 0.3) is 11.8 Å². The Morgan fingerprint density at radius 2 is 2.00 bits per heavy atom. The number of piperidine rings is 1. The molecule has 21 heavy (non-hydrogen) atoms. The molecule has 0 radical (unpaired) electrons. The van der Waals surface area contributed by atoms with E-state index in [4.69, 9.17) is 0 Å². The van der Waals surface area contributed by atoms with Crippen molar-refractivity contribution in [1.29, 1.82) is 0 Å². The minimum Gasteiger partial charge on any atom is -0.346 e. The Labute approximate surface area is 120 Å². The Bertz CT molecular complexity index is 670. The fourth-order valence-electron chi connectivity index (χ4n) is 2.82. The highest BCUT2D eigenvalue weighted by molar-refractivity contribution is 6.03. The minimum atomic E-state index is -2.74. The van der Waals surface area contributed by atoms with E-state index in [1.165, 1.54) is 25.1 Å². The number of halogens is 2. The second-order valence-electron chi connectivity index (χ2n) is 5.65. The highest BCUT2D eigenvalue weighted by Gasteiger charge is 2.48. The van der Waals surface area contributed by atoms with E-state index in [1.54, 1.807) is 12.3 Å². The minimum absolute atomic E-state index is 0.0338. The number of amides is 1. The predicted molar refractivity (Wildman–Crippen MR) is 73.1 cm³/mol. The Balaban J connectivity index is 1.91. The molecule has 3 rings (SSSR count). The first-order valence-corrected chi connectivity index (χ1v) is 6.86. The summed E-state index contributed by atoms with van der Waals surface area (Å²) in [7, 11) is 0. The van der Waals surface area contributed by atoms with Crippen molar-refractivity contribution < 1.29 is 13.6 Å². The molecule has 7 heteroatoms. The van der Waals surface area contributed by atoms with Gasteiger partial charge in [-0.2, -0.15) is 0 Å². The van der Waals surface area contributed by atoms with Crippen molar-refractivity contribution in [2.24, 2.45) is 11.8 Å². The lowest BCUT2D eigenvalue weighted by atomic mass is 9.87. The molecule has 2 atom stereocenters. The number of aromatic amines is 1. The van der Waals surface area contributed by atoms with E-state index >= 15 is 0 Å². The van der Waals surface area contributed by atoms with E-state index in [-0.39, 0.29) is 24.7 Å². The molecule has 2 aromatic rings. The number of hydrogen-bond donors (Lipinski definition) is 1. The van der Waals surface area contributed by atoms with E-state index in [2.05, 4.69) is 15.0 Å². The predicted octanol–water partition coefficient (Wildman–Crippen LogP) is 2.32. The maximum absolute atomic E-state index is 13.9. The van der Waals surface area contributed by atoms with E-state index < -0.39 is 17.8 Å². The van der Waals surface area contributed by atoms with Crippen LogP contribution in [0.25, 0.3) is 11.0 Å². The van der Waals surface area contributed by atoms with Crippen LogP contribution in [0.4, 0.5) is 8.78 Å². The number of alkyl halides is 2. The molecular weight excluding hydrogens is 278 g/mol. The topological polar surface area (TPSA) is 61.9 Å². The molecule has 5 nitrogen and oxygen atoms in total. The van der Waals surface area contributed by atoms with Crippen LogP contribution >= 0.6 is 0 Å². The molecule has 0 aliphatic carbocycles. The van der Waals surface area contributed by atoms with Crippen LogP contribution in [0.2, 0.25) is 0 Å². The first-order valence-electron chi connectivity index (χ1n) is 6.86. The maximum Gasteiger partial charge on any atom is 0.273 e. The third kappa shape index (κ3) is 2.16. The average molecular weight is 294 g/mol. The Kier molecular flexibility index (Phi) is 3.15. The van der Waals surface area contributed by atoms with Crippen molar-refractivity contribution in [2.45, 2.75) is 19.8 Å². The molecule has 0 bridgehead atoms. The number of likely N-dealkylation sites (tertiary alicyclic amines) is 1. The van der Waals surface area contributed by atoms with Crippen LogP contribution < -0.4 is 0 Å². The van der Waals surface area contributed by atoms with Crippen LogP contribution in [0, 0.1) is 11.8 Å². The standard InChI is InChI=1S/C14H16F2N4O/c1-8-5-20(6-9(2)14(8,15)16)13(21)11-10-3-4-17-12(10)19-7-18-11/h3-4,7-9H,5-6H2,1-2H3,(H,17,18,19). The number of aromatic nitrogens is 3. The molecule has 112 valence electrons. The molecule has 1 aliphatic rings. The van der Waals surface area contributed by atoms with Crippen molar-refractivity contribution in [3.63, 3.8) is 0 Å². The van der Waals surface area contributed by atoms with Crippen molar-refractivity contribution >= 4 is 16.9 Å². The zero-order valence-electron chi connectivity index (χ0n) is 11.8. The third-order valence-corrected chi connectivity index (χ3v) is 4.15. The number of H-pyrrole nitrogens is 1. The second-order valence-corrected chi connectivity index (χ2v) is 5.65. The van der Waals surface area contributed by atoms with Crippen LogP contribution in [0.3, 0.4) is 0 Å². The highest BCUT2D eigenvalue weighted by atomic mass is 19.3.